The summed E-state index contributed by atoms with van der Waals surface area (Å²) >= 11 is 1.48. The molecule has 156 valence electrons. The second kappa shape index (κ2) is 7.51. The first-order valence-electron chi connectivity index (χ1n) is 9.86. The predicted octanol–water partition coefficient (Wildman–Crippen LogP) is 1.53. The van der Waals surface area contributed by atoms with Crippen molar-refractivity contribution in [3.05, 3.63) is 46.6 Å². The number of rotatable bonds is 3. The van der Waals surface area contributed by atoms with Crippen LogP contribution in [0.1, 0.15) is 12.5 Å². The Kier molecular flexibility index (Phi) is 4.82. The van der Waals surface area contributed by atoms with E-state index in [1.54, 1.807) is 21.4 Å². The van der Waals surface area contributed by atoms with Gasteiger partial charge in [-0.2, -0.15) is 5.10 Å². The third-order valence-corrected chi connectivity index (χ3v) is 6.81. The average molecular weight is 428 g/mol. The van der Waals surface area contributed by atoms with Crippen LogP contribution in [0.15, 0.2) is 40.4 Å². The van der Waals surface area contributed by atoms with Gasteiger partial charge in [0.2, 0.25) is 5.91 Å². The minimum atomic E-state index is -0.340. The lowest BCUT2D eigenvalue weighted by molar-refractivity contribution is -0.133. The Morgan fingerprint density at radius 1 is 1.20 bits per heavy atom. The van der Waals surface area contributed by atoms with Gasteiger partial charge in [0, 0.05) is 38.4 Å². The molecular formula is C20H21FN6O2S. The van der Waals surface area contributed by atoms with Crippen molar-refractivity contribution in [3.8, 4) is 5.69 Å². The Hall–Kier alpha value is -2.72. The van der Waals surface area contributed by atoms with E-state index in [1.165, 1.54) is 30.1 Å². The number of hydrogen-bond donors (Lipinski definition) is 0. The monoisotopic (exact) mass is 428 g/mol. The van der Waals surface area contributed by atoms with Gasteiger partial charge in [-0.1, -0.05) is 11.8 Å². The van der Waals surface area contributed by atoms with E-state index in [4.69, 9.17) is 0 Å². The van der Waals surface area contributed by atoms with Crippen LogP contribution in [0, 0.1) is 5.82 Å². The van der Waals surface area contributed by atoms with E-state index in [0.29, 0.717) is 34.1 Å². The molecule has 1 fully saturated rings. The van der Waals surface area contributed by atoms with E-state index in [2.05, 4.69) is 15.0 Å². The standard InChI is InChI=1S/C20H21FN6O2S/c1-24-6-8-25(9-7-24)17(28)10-15-12-30-20-23-18-16(19(29)26(15)20)11-22-27(18)14-4-2-13(21)3-5-14/h2-5,11,15H,6-10,12H2,1H3/t15-/m0/s1. The molecule has 2 aromatic heterocycles. The fourth-order valence-corrected chi connectivity index (χ4v) is 5.07. The summed E-state index contributed by atoms with van der Waals surface area (Å²) in [4.78, 5) is 34.7. The molecule has 1 amide bonds. The molecular weight excluding hydrogens is 407 g/mol. The number of likely N-dealkylation sites (N-methyl/N-ethyl adjacent to an activating group) is 1. The lowest BCUT2D eigenvalue weighted by atomic mass is 10.2. The van der Waals surface area contributed by atoms with Gasteiger partial charge in [0.05, 0.1) is 17.9 Å². The number of nitrogens with zero attached hydrogens (tertiary/aromatic N) is 6. The van der Waals surface area contributed by atoms with Crippen molar-refractivity contribution in [3.63, 3.8) is 0 Å². The van der Waals surface area contributed by atoms with Gasteiger partial charge in [-0.15, -0.1) is 0 Å². The van der Waals surface area contributed by atoms with Crippen LogP contribution in [0.25, 0.3) is 16.7 Å². The molecule has 2 aliphatic rings. The summed E-state index contributed by atoms with van der Waals surface area (Å²) in [7, 11) is 2.05. The Balaban J connectivity index is 1.45. The molecule has 2 aliphatic heterocycles. The molecule has 0 saturated carbocycles. The smallest absolute Gasteiger partial charge is 0.265 e. The topological polar surface area (TPSA) is 76.3 Å². The molecule has 0 unspecified atom stereocenters. The minimum Gasteiger partial charge on any atom is -0.340 e. The normalized spacial score (nSPS) is 19.4. The van der Waals surface area contributed by atoms with Crippen molar-refractivity contribution in [2.24, 2.45) is 0 Å². The first-order valence-corrected chi connectivity index (χ1v) is 10.8. The molecule has 0 radical (unpaired) electrons. The molecule has 4 heterocycles. The Morgan fingerprint density at radius 2 is 1.93 bits per heavy atom. The van der Waals surface area contributed by atoms with Crippen molar-refractivity contribution in [2.75, 3.05) is 39.0 Å². The molecule has 8 nitrogen and oxygen atoms in total. The molecule has 1 saturated heterocycles. The maximum atomic E-state index is 13.3. The minimum absolute atomic E-state index is 0.0792. The van der Waals surface area contributed by atoms with E-state index >= 15 is 0 Å². The number of carbonyl (C=O) groups excluding carboxylic acids is 1. The highest BCUT2D eigenvalue weighted by Gasteiger charge is 2.31. The zero-order valence-corrected chi connectivity index (χ0v) is 17.3. The SMILES string of the molecule is CN1CCN(C(=O)C[C@H]2CSc3nc4c(cnn4-c4ccc(F)cc4)c(=O)n32)CC1. The van der Waals surface area contributed by atoms with E-state index < -0.39 is 0 Å². The Bertz CT molecular complexity index is 1170. The van der Waals surface area contributed by atoms with Gasteiger partial charge in [-0.3, -0.25) is 14.2 Å². The second-order valence-corrected chi connectivity index (χ2v) is 8.68. The zero-order valence-electron chi connectivity index (χ0n) is 16.5. The summed E-state index contributed by atoms with van der Waals surface area (Å²) in [5.41, 5.74) is 0.883. The molecule has 5 rings (SSSR count). The molecule has 1 atom stereocenters. The highest BCUT2D eigenvalue weighted by atomic mass is 32.2. The van der Waals surface area contributed by atoms with Gasteiger partial charge in [0.25, 0.3) is 5.56 Å². The zero-order chi connectivity index (χ0) is 20.8. The van der Waals surface area contributed by atoms with Crippen molar-refractivity contribution >= 4 is 28.7 Å². The largest absolute Gasteiger partial charge is 0.340 e. The maximum Gasteiger partial charge on any atom is 0.265 e. The van der Waals surface area contributed by atoms with Gasteiger partial charge in [-0.05, 0) is 31.3 Å². The number of aromatic nitrogens is 4. The van der Waals surface area contributed by atoms with Gasteiger partial charge in [-0.25, -0.2) is 14.1 Å². The number of benzene rings is 1. The molecule has 30 heavy (non-hydrogen) atoms. The predicted molar refractivity (Wildman–Crippen MR) is 112 cm³/mol. The second-order valence-electron chi connectivity index (χ2n) is 7.69. The number of carbonyl (C=O) groups is 1. The number of thioether (sulfide) groups is 1. The molecule has 3 aromatic rings. The van der Waals surface area contributed by atoms with Crippen LogP contribution in [0.5, 0.6) is 0 Å². The summed E-state index contributed by atoms with van der Waals surface area (Å²) in [5.74, 6) is 0.376. The molecule has 0 spiro atoms. The average Bonchev–Trinajstić information content (AvgIpc) is 3.34. The molecule has 0 bridgehead atoms. The Labute approximate surface area is 176 Å². The first kappa shape index (κ1) is 19.3. The lowest BCUT2D eigenvalue weighted by Crippen LogP contribution is -2.47. The quantitative estimate of drug-likeness (QED) is 0.589. The van der Waals surface area contributed by atoms with E-state index in [1.807, 2.05) is 11.9 Å². The van der Waals surface area contributed by atoms with Crippen LogP contribution in [0.4, 0.5) is 4.39 Å². The third kappa shape index (κ3) is 3.29. The molecule has 0 aliphatic carbocycles. The highest BCUT2D eigenvalue weighted by Crippen LogP contribution is 2.33. The van der Waals surface area contributed by atoms with E-state index in [-0.39, 0.29) is 23.3 Å². The maximum absolute atomic E-state index is 13.3. The summed E-state index contributed by atoms with van der Waals surface area (Å²) in [6, 6.07) is 5.67. The van der Waals surface area contributed by atoms with Crippen LogP contribution < -0.4 is 5.56 Å². The van der Waals surface area contributed by atoms with Crippen molar-refractivity contribution < 1.29 is 9.18 Å². The lowest BCUT2D eigenvalue weighted by Gasteiger charge is -2.33. The van der Waals surface area contributed by atoms with Crippen LogP contribution >= 0.6 is 11.8 Å². The van der Waals surface area contributed by atoms with Crippen LogP contribution in [-0.4, -0.2) is 74.0 Å². The number of halogens is 1. The highest BCUT2D eigenvalue weighted by molar-refractivity contribution is 7.99. The van der Waals surface area contributed by atoms with Crippen LogP contribution in [0.2, 0.25) is 0 Å². The van der Waals surface area contributed by atoms with Crippen LogP contribution in [0.3, 0.4) is 0 Å². The van der Waals surface area contributed by atoms with Gasteiger partial charge in [0.15, 0.2) is 10.8 Å². The van der Waals surface area contributed by atoms with Crippen molar-refractivity contribution in [2.45, 2.75) is 17.6 Å². The third-order valence-electron chi connectivity index (χ3n) is 5.71. The number of amides is 1. The molecule has 10 heteroatoms. The summed E-state index contributed by atoms with van der Waals surface area (Å²) in [6.07, 6.45) is 1.78. The van der Waals surface area contributed by atoms with E-state index in [9.17, 15) is 14.0 Å². The summed E-state index contributed by atoms with van der Waals surface area (Å²) in [5, 5.41) is 5.27. The Morgan fingerprint density at radius 3 is 2.67 bits per heavy atom. The van der Waals surface area contributed by atoms with Gasteiger partial charge in [0.1, 0.15) is 11.2 Å². The number of piperazine rings is 1. The molecule has 0 N–H and O–H groups in total. The fourth-order valence-electron chi connectivity index (χ4n) is 3.94. The fraction of sp³-hybridized carbons (Fsp3) is 0.400. The van der Waals surface area contributed by atoms with Gasteiger partial charge < -0.3 is 9.80 Å². The first-order chi connectivity index (χ1) is 14.5. The van der Waals surface area contributed by atoms with Crippen molar-refractivity contribution in [1.82, 2.24) is 29.1 Å². The molecule has 1 aromatic carbocycles. The van der Waals surface area contributed by atoms with Crippen LogP contribution in [-0.2, 0) is 4.79 Å². The number of hydrogen-bond acceptors (Lipinski definition) is 6. The summed E-state index contributed by atoms with van der Waals surface area (Å²) < 4.78 is 16.4. The van der Waals surface area contributed by atoms with Gasteiger partial charge >= 0.3 is 0 Å². The van der Waals surface area contributed by atoms with Crippen molar-refractivity contribution in [1.29, 1.82) is 0 Å². The summed E-state index contributed by atoms with van der Waals surface area (Å²) in [6.45, 7) is 3.18. The number of fused-ring (bicyclic) bond motifs is 2. The van der Waals surface area contributed by atoms with E-state index in [0.717, 1.165) is 26.2 Å².